The number of morpholine rings is 1. The van der Waals surface area contributed by atoms with Crippen LogP contribution >= 0.6 is 0 Å². The van der Waals surface area contributed by atoms with Gasteiger partial charge in [-0.15, -0.1) is 0 Å². The Hall–Kier alpha value is -2.21. The van der Waals surface area contributed by atoms with Gasteiger partial charge in [-0.3, -0.25) is 14.4 Å². The van der Waals surface area contributed by atoms with Crippen LogP contribution in [0.1, 0.15) is 24.8 Å². The smallest absolute Gasteiger partial charge is 0.306 e. The Morgan fingerprint density at radius 3 is 2.42 bits per heavy atom. The molecule has 130 valence electrons. The van der Waals surface area contributed by atoms with E-state index in [0.29, 0.717) is 26.3 Å². The molecule has 0 aromatic heterocycles. The summed E-state index contributed by atoms with van der Waals surface area (Å²) in [6.07, 6.45) is 0.518. The summed E-state index contributed by atoms with van der Waals surface area (Å²) in [5.74, 6) is -2.02. The second-order valence-corrected chi connectivity index (χ2v) is 5.97. The van der Waals surface area contributed by atoms with Crippen LogP contribution in [-0.2, 0) is 25.5 Å². The van der Waals surface area contributed by atoms with E-state index in [0.717, 1.165) is 5.56 Å². The largest absolute Gasteiger partial charge is 0.481 e. The van der Waals surface area contributed by atoms with Gasteiger partial charge in [0.1, 0.15) is 5.78 Å². The van der Waals surface area contributed by atoms with Crippen molar-refractivity contribution in [3.8, 4) is 0 Å². The number of carbonyl (C=O) groups excluding carboxylic acids is 2. The van der Waals surface area contributed by atoms with E-state index in [1.165, 1.54) is 0 Å². The average molecular weight is 333 g/mol. The Kier molecular flexibility index (Phi) is 6.93. The van der Waals surface area contributed by atoms with Gasteiger partial charge in [0, 0.05) is 32.4 Å². The van der Waals surface area contributed by atoms with E-state index in [1.807, 2.05) is 30.3 Å². The SMILES string of the molecule is O=C(Cc1ccccc1)C[C@H](CCC(=O)N1CCOCC1)C(=O)O. The molecular formula is C18H23NO5. The van der Waals surface area contributed by atoms with Gasteiger partial charge < -0.3 is 14.7 Å². The summed E-state index contributed by atoms with van der Waals surface area (Å²) in [7, 11) is 0. The molecule has 2 rings (SSSR count). The molecule has 6 heteroatoms. The molecule has 0 radical (unpaired) electrons. The zero-order valence-electron chi connectivity index (χ0n) is 13.6. The first-order valence-corrected chi connectivity index (χ1v) is 8.20. The Morgan fingerprint density at radius 1 is 1.12 bits per heavy atom. The Bertz CT molecular complexity index is 566. The average Bonchev–Trinajstić information content (AvgIpc) is 2.59. The number of amides is 1. The Morgan fingerprint density at radius 2 is 1.79 bits per heavy atom. The van der Waals surface area contributed by atoms with E-state index in [4.69, 9.17) is 4.74 Å². The topological polar surface area (TPSA) is 83.9 Å². The molecule has 0 bridgehead atoms. The quantitative estimate of drug-likeness (QED) is 0.780. The molecule has 1 aromatic rings. The number of aliphatic carboxylic acids is 1. The van der Waals surface area contributed by atoms with Crippen molar-refractivity contribution in [2.45, 2.75) is 25.7 Å². The van der Waals surface area contributed by atoms with E-state index in [-0.39, 0.29) is 37.4 Å². The van der Waals surface area contributed by atoms with Crippen LogP contribution in [-0.4, -0.2) is 54.0 Å². The summed E-state index contributed by atoms with van der Waals surface area (Å²) in [6.45, 7) is 2.13. The highest BCUT2D eigenvalue weighted by molar-refractivity contribution is 5.86. The summed E-state index contributed by atoms with van der Waals surface area (Å²) in [6, 6.07) is 9.24. The van der Waals surface area contributed by atoms with Gasteiger partial charge in [0.2, 0.25) is 5.91 Å². The molecule has 1 aromatic carbocycles. The van der Waals surface area contributed by atoms with Crippen LogP contribution in [0.25, 0.3) is 0 Å². The molecule has 24 heavy (non-hydrogen) atoms. The molecule has 1 atom stereocenters. The van der Waals surface area contributed by atoms with Crippen LogP contribution in [0.2, 0.25) is 0 Å². The summed E-state index contributed by atoms with van der Waals surface area (Å²) < 4.78 is 5.19. The van der Waals surface area contributed by atoms with Crippen LogP contribution in [0.3, 0.4) is 0 Å². The van der Waals surface area contributed by atoms with Gasteiger partial charge in [0.25, 0.3) is 0 Å². The molecule has 0 saturated carbocycles. The number of ketones is 1. The minimum absolute atomic E-state index is 0.0411. The number of carboxylic acids is 1. The van der Waals surface area contributed by atoms with Crippen molar-refractivity contribution in [1.82, 2.24) is 4.90 Å². The highest BCUT2D eigenvalue weighted by Gasteiger charge is 2.24. The lowest BCUT2D eigenvalue weighted by atomic mass is 9.94. The van der Waals surface area contributed by atoms with Crippen LogP contribution in [0.5, 0.6) is 0 Å². The van der Waals surface area contributed by atoms with Crippen LogP contribution in [0, 0.1) is 5.92 Å². The lowest BCUT2D eigenvalue weighted by Crippen LogP contribution is -2.40. The lowest BCUT2D eigenvalue weighted by molar-refractivity contribution is -0.144. The predicted molar refractivity (Wildman–Crippen MR) is 87.5 cm³/mol. The van der Waals surface area contributed by atoms with Crippen molar-refractivity contribution >= 4 is 17.7 Å². The summed E-state index contributed by atoms with van der Waals surface area (Å²) in [5.41, 5.74) is 0.871. The molecule has 1 fully saturated rings. The predicted octanol–water partition coefficient (Wildman–Crippen LogP) is 1.53. The van der Waals surface area contributed by atoms with Gasteiger partial charge in [0.15, 0.2) is 0 Å². The van der Waals surface area contributed by atoms with Crippen LogP contribution in [0.4, 0.5) is 0 Å². The number of rotatable bonds is 8. The molecule has 1 heterocycles. The fourth-order valence-electron chi connectivity index (χ4n) is 2.75. The second kappa shape index (κ2) is 9.17. The monoisotopic (exact) mass is 333 g/mol. The van der Waals surface area contributed by atoms with Crippen molar-refractivity contribution in [1.29, 1.82) is 0 Å². The van der Waals surface area contributed by atoms with Crippen molar-refractivity contribution in [2.75, 3.05) is 26.3 Å². The molecular weight excluding hydrogens is 310 g/mol. The number of hydrogen-bond donors (Lipinski definition) is 1. The normalized spacial score (nSPS) is 15.8. The van der Waals surface area contributed by atoms with E-state index < -0.39 is 11.9 Å². The third-order valence-corrected chi connectivity index (χ3v) is 4.14. The van der Waals surface area contributed by atoms with Gasteiger partial charge in [0.05, 0.1) is 19.1 Å². The number of benzene rings is 1. The maximum Gasteiger partial charge on any atom is 0.306 e. The van der Waals surface area contributed by atoms with E-state index in [2.05, 4.69) is 0 Å². The standard InChI is InChI=1S/C18H23NO5/c20-16(12-14-4-2-1-3-5-14)13-15(18(22)23)6-7-17(21)19-8-10-24-11-9-19/h1-5,15H,6-13H2,(H,22,23)/t15-/m0/s1. The third-order valence-electron chi connectivity index (χ3n) is 4.14. The van der Waals surface area contributed by atoms with Crippen molar-refractivity contribution in [3.05, 3.63) is 35.9 Å². The van der Waals surface area contributed by atoms with Crippen molar-refractivity contribution < 1.29 is 24.2 Å². The Balaban J connectivity index is 1.81. The zero-order chi connectivity index (χ0) is 17.4. The van der Waals surface area contributed by atoms with Crippen molar-refractivity contribution in [3.63, 3.8) is 0 Å². The molecule has 1 aliphatic rings. The highest BCUT2D eigenvalue weighted by atomic mass is 16.5. The minimum Gasteiger partial charge on any atom is -0.481 e. The summed E-state index contributed by atoms with van der Waals surface area (Å²) in [5, 5.41) is 9.31. The molecule has 1 amide bonds. The van der Waals surface area contributed by atoms with Gasteiger partial charge in [-0.25, -0.2) is 0 Å². The molecule has 0 unspecified atom stereocenters. The van der Waals surface area contributed by atoms with E-state index >= 15 is 0 Å². The maximum atomic E-state index is 12.1. The number of ether oxygens (including phenoxy) is 1. The summed E-state index contributed by atoms with van der Waals surface area (Å²) in [4.78, 5) is 37.3. The van der Waals surface area contributed by atoms with Crippen LogP contribution in [0.15, 0.2) is 30.3 Å². The molecule has 6 nitrogen and oxygen atoms in total. The number of nitrogens with zero attached hydrogens (tertiary/aromatic N) is 1. The number of Topliss-reactive ketones (excluding diaryl/α,β-unsaturated/α-hetero) is 1. The molecule has 0 aliphatic carbocycles. The fourth-order valence-corrected chi connectivity index (χ4v) is 2.75. The Labute approximate surface area is 141 Å². The van der Waals surface area contributed by atoms with Gasteiger partial charge in [-0.05, 0) is 12.0 Å². The molecule has 1 aliphatic heterocycles. The van der Waals surface area contributed by atoms with E-state index in [9.17, 15) is 19.5 Å². The maximum absolute atomic E-state index is 12.1. The zero-order valence-corrected chi connectivity index (χ0v) is 13.6. The van der Waals surface area contributed by atoms with Gasteiger partial charge >= 0.3 is 5.97 Å². The first kappa shape index (κ1) is 18.1. The van der Waals surface area contributed by atoms with Crippen molar-refractivity contribution in [2.24, 2.45) is 5.92 Å². The number of hydrogen-bond acceptors (Lipinski definition) is 4. The second-order valence-electron chi connectivity index (χ2n) is 5.97. The first-order valence-electron chi connectivity index (χ1n) is 8.20. The highest BCUT2D eigenvalue weighted by Crippen LogP contribution is 2.16. The first-order chi connectivity index (χ1) is 11.6. The van der Waals surface area contributed by atoms with Gasteiger partial charge in [-0.2, -0.15) is 0 Å². The number of carbonyl (C=O) groups is 3. The third kappa shape index (κ3) is 5.77. The minimum atomic E-state index is -1.02. The summed E-state index contributed by atoms with van der Waals surface area (Å²) >= 11 is 0. The molecule has 1 saturated heterocycles. The van der Waals surface area contributed by atoms with Crippen LogP contribution < -0.4 is 0 Å². The number of carboxylic acid groups (broad SMARTS) is 1. The molecule has 1 N–H and O–H groups in total. The fraction of sp³-hybridized carbons (Fsp3) is 0.500. The molecule has 0 spiro atoms. The lowest BCUT2D eigenvalue weighted by Gasteiger charge is -2.27. The van der Waals surface area contributed by atoms with E-state index in [1.54, 1.807) is 4.90 Å². The van der Waals surface area contributed by atoms with Gasteiger partial charge in [-0.1, -0.05) is 30.3 Å².